The first-order chi connectivity index (χ1) is 11.8. The Kier molecular flexibility index (Phi) is 6.17. The van der Waals surface area contributed by atoms with Crippen LogP contribution in [0.5, 0.6) is 0 Å². The van der Waals surface area contributed by atoms with E-state index in [-0.39, 0.29) is 22.0 Å². The lowest BCUT2D eigenvalue weighted by atomic mass is 10.2. The van der Waals surface area contributed by atoms with Crippen LogP contribution in [0.1, 0.15) is 15.9 Å². The fraction of sp³-hybridized carbons (Fsp3) is 0.176. The van der Waals surface area contributed by atoms with Crippen molar-refractivity contribution < 1.29 is 22.7 Å². The number of ether oxygens (including phenoxy) is 1. The van der Waals surface area contributed by atoms with Gasteiger partial charge in [0.1, 0.15) is 5.75 Å². The smallest absolute Gasteiger partial charge is 0.339 e. The standard InChI is InChI=1S/C17H16ClNO5S/c1-24-17(21)14-8-7-13(18)9-15(14)19-16(20)11-25(22,23)10-12-5-3-2-4-6-12/h2-9H,10-11H2,1H3,(H,19,20). The molecule has 1 N–H and O–H groups in total. The summed E-state index contributed by atoms with van der Waals surface area (Å²) >= 11 is 5.87. The van der Waals surface area contributed by atoms with Crippen LogP contribution in [0.4, 0.5) is 5.69 Å². The van der Waals surface area contributed by atoms with E-state index in [1.807, 2.05) is 0 Å². The number of amides is 1. The molecule has 0 atom stereocenters. The summed E-state index contributed by atoms with van der Waals surface area (Å²) in [6, 6.07) is 12.8. The molecule has 0 aliphatic heterocycles. The van der Waals surface area contributed by atoms with Gasteiger partial charge in [0.05, 0.1) is 24.1 Å². The molecule has 25 heavy (non-hydrogen) atoms. The van der Waals surface area contributed by atoms with Gasteiger partial charge in [-0.25, -0.2) is 13.2 Å². The van der Waals surface area contributed by atoms with Crippen LogP contribution in [0.25, 0.3) is 0 Å². The zero-order valence-corrected chi connectivity index (χ0v) is 14.9. The van der Waals surface area contributed by atoms with Crippen molar-refractivity contribution in [1.29, 1.82) is 0 Å². The van der Waals surface area contributed by atoms with E-state index in [0.29, 0.717) is 5.56 Å². The normalized spacial score (nSPS) is 11.0. The number of esters is 1. The number of sulfone groups is 1. The number of hydrogen-bond acceptors (Lipinski definition) is 5. The van der Waals surface area contributed by atoms with Crippen LogP contribution in [-0.2, 0) is 25.1 Å². The molecule has 0 saturated heterocycles. The number of hydrogen-bond donors (Lipinski definition) is 1. The van der Waals surface area contributed by atoms with E-state index in [0.717, 1.165) is 0 Å². The van der Waals surface area contributed by atoms with Gasteiger partial charge in [0.25, 0.3) is 0 Å². The molecule has 0 aliphatic rings. The number of nitrogens with one attached hydrogen (secondary N) is 1. The van der Waals surface area contributed by atoms with Gasteiger partial charge < -0.3 is 10.1 Å². The van der Waals surface area contributed by atoms with Crippen molar-refractivity contribution >= 4 is 39.0 Å². The lowest BCUT2D eigenvalue weighted by molar-refractivity contribution is -0.113. The highest BCUT2D eigenvalue weighted by Crippen LogP contribution is 2.22. The molecule has 0 saturated carbocycles. The predicted octanol–water partition coefficient (Wildman–Crippen LogP) is 2.68. The lowest BCUT2D eigenvalue weighted by Gasteiger charge is -2.10. The van der Waals surface area contributed by atoms with E-state index in [1.54, 1.807) is 30.3 Å². The average Bonchev–Trinajstić information content (AvgIpc) is 2.54. The highest BCUT2D eigenvalue weighted by molar-refractivity contribution is 7.91. The van der Waals surface area contributed by atoms with Gasteiger partial charge in [0, 0.05) is 5.02 Å². The third kappa shape index (κ3) is 5.58. The largest absolute Gasteiger partial charge is 0.465 e. The van der Waals surface area contributed by atoms with E-state index >= 15 is 0 Å². The minimum absolute atomic E-state index is 0.0840. The Morgan fingerprint density at radius 2 is 1.80 bits per heavy atom. The van der Waals surface area contributed by atoms with Crippen molar-refractivity contribution in [2.75, 3.05) is 18.2 Å². The van der Waals surface area contributed by atoms with E-state index in [9.17, 15) is 18.0 Å². The van der Waals surface area contributed by atoms with Crippen LogP contribution >= 0.6 is 11.6 Å². The van der Waals surface area contributed by atoms with E-state index in [1.165, 1.54) is 25.3 Å². The molecule has 0 unspecified atom stereocenters. The predicted molar refractivity (Wildman–Crippen MR) is 95.4 cm³/mol. The molecule has 2 aromatic rings. The van der Waals surface area contributed by atoms with Crippen LogP contribution in [0.2, 0.25) is 5.02 Å². The van der Waals surface area contributed by atoms with Crippen LogP contribution in [0.3, 0.4) is 0 Å². The SMILES string of the molecule is COC(=O)c1ccc(Cl)cc1NC(=O)CS(=O)(=O)Cc1ccccc1. The van der Waals surface area contributed by atoms with Gasteiger partial charge in [-0.05, 0) is 23.8 Å². The van der Waals surface area contributed by atoms with Gasteiger partial charge in [-0.3, -0.25) is 4.79 Å². The summed E-state index contributed by atoms with van der Waals surface area (Å²) in [4.78, 5) is 23.8. The Morgan fingerprint density at radius 1 is 1.12 bits per heavy atom. The molecule has 1 amide bonds. The molecule has 0 radical (unpaired) electrons. The second-order valence-corrected chi connectivity index (χ2v) is 7.75. The zero-order chi connectivity index (χ0) is 18.4. The zero-order valence-electron chi connectivity index (χ0n) is 13.4. The summed E-state index contributed by atoms with van der Waals surface area (Å²) in [5.41, 5.74) is 0.772. The van der Waals surface area contributed by atoms with Gasteiger partial charge in [0.2, 0.25) is 5.91 Å². The van der Waals surface area contributed by atoms with Gasteiger partial charge in [0.15, 0.2) is 9.84 Å². The first-order valence-corrected chi connectivity index (χ1v) is 9.43. The molecule has 8 heteroatoms. The van der Waals surface area contributed by atoms with Gasteiger partial charge in [-0.2, -0.15) is 0 Å². The Morgan fingerprint density at radius 3 is 2.44 bits per heavy atom. The minimum atomic E-state index is -3.66. The summed E-state index contributed by atoms with van der Waals surface area (Å²) in [5.74, 6) is -2.39. The van der Waals surface area contributed by atoms with Crippen molar-refractivity contribution in [3.8, 4) is 0 Å². The lowest BCUT2D eigenvalue weighted by Crippen LogP contribution is -2.25. The number of halogens is 1. The molecule has 2 aromatic carbocycles. The van der Waals surface area contributed by atoms with E-state index < -0.39 is 27.5 Å². The number of rotatable bonds is 6. The summed E-state index contributed by atoms with van der Waals surface area (Å²) in [7, 11) is -2.46. The third-order valence-electron chi connectivity index (χ3n) is 3.24. The first kappa shape index (κ1) is 19.0. The molecular formula is C17H16ClNO5S. The number of methoxy groups -OCH3 is 1. The Balaban J connectivity index is 2.12. The monoisotopic (exact) mass is 381 g/mol. The number of carbonyl (C=O) groups excluding carboxylic acids is 2. The maximum absolute atomic E-state index is 12.2. The Labute approximate surface area is 150 Å². The van der Waals surface area contributed by atoms with Crippen LogP contribution in [0.15, 0.2) is 48.5 Å². The van der Waals surface area contributed by atoms with E-state index in [2.05, 4.69) is 10.1 Å². The summed E-state index contributed by atoms with van der Waals surface area (Å²) < 4.78 is 29.0. The first-order valence-electron chi connectivity index (χ1n) is 7.23. The maximum atomic E-state index is 12.2. The molecule has 132 valence electrons. The van der Waals surface area contributed by atoms with Crippen molar-refractivity contribution in [2.45, 2.75) is 5.75 Å². The fourth-order valence-electron chi connectivity index (χ4n) is 2.17. The topological polar surface area (TPSA) is 89.5 Å². The van der Waals surface area contributed by atoms with Gasteiger partial charge in [-0.15, -0.1) is 0 Å². The minimum Gasteiger partial charge on any atom is -0.465 e. The molecule has 0 aromatic heterocycles. The molecule has 0 spiro atoms. The summed E-state index contributed by atoms with van der Waals surface area (Å²) in [5, 5.41) is 2.69. The fourth-order valence-corrected chi connectivity index (χ4v) is 3.62. The summed E-state index contributed by atoms with van der Waals surface area (Å²) in [6.07, 6.45) is 0. The molecule has 0 aliphatic carbocycles. The van der Waals surface area contributed by atoms with Crippen molar-refractivity contribution in [3.05, 3.63) is 64.7 Å². The molecule has 2 rings (SSSR count). The molecule has 0 heterocycles. The van der Waals surface area contributed by atoms with Crippen molar-refractivity contribution in [3.63, 3.8) is 0 Å². The average molecular weight is 382 g/mol. The molecule has 0 fully saturated rings. The van der Waals surface area contributed by atoms with Crippen LogP contribution in [-0.4, -0.2) is 33.2 Å². The highest BCUT2D eigenvalue weighted by Gasteiger charge is 2.20. The van der Waals surface area contributed by atoms with Crippen molar-refractivity contribution in [1.82, 2.24) is 0 Å². The Hall–Kier alpha value is -2.38. The molecule has 0 bridgehead atoms. The second-order valence-electron chi connectivity index (χ2n) is 5.25. The third-order valence-corrected chi connectivity index (χ3v) is 4.95. The number of carbonyl (C=O) groups is 2. The number of benzene rings is 2. The maximum Gasteiger partial charge on any atom is 0.339 e. The number of anilines is 1. The van der Waals surface area contributed by atoms with Crippen LogP contribution < -0.4 is 5.32 Å². The van der Waals surface area contributed by atoms with Crippen LogP contribution in [0, 0.1) is 0 Å². The van der Waals surface area contributed by atoms with Gasteiger partial charge >= 0.3 is 5.97 Å². The molecule has 6 nitrogen and oxygen atoms in total. The van der Waals surface area contributed by atoms with Crippen molar-refractivity contribution in [2.24, 2.45) is 0 Å². The Bertz CT molecular complexity index is 881. The summed E-state index contributed by atoms with van der Waals surface area (Å²) in [6.45, 7) is 0. The highest BCUT2D eigenvalue weighted by atomic mass is 35.5. The second kappa shape index (κ2) is 8.13. The van der Waals surface area contributed by atoms with E-state index in [4.69, 9.17) is 11.6 Å². The quantitative estimate of drug-likeness (QED) is 0.777. The van der Waals surface area contributed by atoms with Gasteiger partial charge in [-0.1, -0.05) is 41.9 Å². The molecular weight excluding hydrogens is 366 g/mol.